The number of aliphatic carboxylic acids is 1. The van der Waals surface area contributed by atoms with Gasteiger partial charge in [0.1, 0.15) is 12.1 Å². The molecule has 0 heterocycles. The minimum Gasteiger partial charge on any atom is -0.480 e. The van der Waals surface area contributed by atoms with Gasteiger partial charge in [0.15, 0.2) is 0 Å². The first kappa shape index (κ1) is 21.7. The number of nitrogens with one attached hydrogen (secondary N) is 3. The molecule has 8 N–H and O–H groups in total. The summed E-state index contributed by atoms with van der Waals surface area (Å²) >= 11 is 3.83. The molecule has 0 saturated carbocycles. The van der Waals surface area contributed by atoms with Crippen LogP contribution in [0.2, 0.25) is 0 Å². The third kappa shape index (κ3) is 8.33. The van der Waals surface area contributed by atoms with Gasteiger partial charge in [-0.2, -0.15) is 12.6 Å². The fourth-order valence-electron chi connectivity index (χ4n) is 1.41. The molecule has 0 rings (SSSR count). The largest absolute Gasteiger partial charge is 0.480 e. The fraction of sp³-hybridized carbons (Fsp3) is 0.583. The summed E-state index contributed by atoms with van der Waals surface area (Å²) in [7, 11) is 0. The smallest absolute Gasteiger partial charge is 0.325 e. The average molecular weight is 363 g/mol. The van der Waals surface area contributed by atoms with E-state index in [1.165, 1.54) is 6.92 Å². The van der Waals surface area contributed by atoms with Gasteiger partial charge in [-0.05, 0) is 6.92 Å². The SMILES string of the molecule is CC(NC(=O)C(CC(N)=O)NC(=O)CNC(=O)C(N)CS)C(=O)O. The predicted octanol–water partition coefficient (Wildman–Crippen LogP) is -3.69. The number of hydrogen-bond acceptors (Lipinski definition) is 7. The van der Waals surface area contributed by atoms with E-state index in [2.05, 4.69) is 28.6 Å². The molecule has 11 nitrogen and oxygen atoms in total. The van der Waals surface area contributed by atoms with Crippen LogP contribution < -0.4 is 27.4 Å². The second kappa shape index (κ2) is 10.4. The minimum absolute atomic E-state index is 0.0766. The molecule has 3 unspecified atom stereocenters. The molecule has 0 saturated heterocycles. The Hall–Kier alpha value is -2.34. The van der Waals surface area contributed by atoms with Gasteiger partial charge in [-0.25, -0.2) is 0 Å². The summed E-state index contributed by atoms with van der Waals surface area (Å²) in [6.07, 6.45) is -0.534. The lowest BCUT2D eigenvalue weighted by Gasteiger charge is -2.19. The van der Waals surface area contributed by atoms with Crippen molar-refractivity contribution in [2.75, 3.05) is 12.3 Å². The number of carboxylic acids is 1. The Balaban J connectivity index is 4.69. The van der Waals surface area contributed by atoms with Crippen molar-refractivity contribution in [3.05, 3.63) is 0 Å². The van der Waals surface area contributed by atoms with Crippen molar-refractivity contribution in [3.63, 3.8) is 0 Å². The second-order valence-electron chi connectivity index (χ2n) is 4.87. The van der Waals surface area contributed by atoms with E-state index in [9.17, 15) is 24.0 Å². The number of hydrogen-bond donors (Lipinski definition) is 7. The molecule has 0 spiro atoms. The van der Waals surface area contributed by atoms with Crippen LogP contribution in [0.25, 0.3) is 0 Å². The number of amides is 4. The standard InChI is InChI=1S/C12H21N5O6S/c1-5(12(22)23)16-11(21)7(2-8(14)18)17-9(19)3-15-10(20)6(13)4-24/h5-7,24H,2-4,13H2,1H3,(H2,14,18)(H,15,20)(H,16,21)(H,17,19)(H,22,23). The maximum absolute atomic E-state index is 11.9. The lowest BCUT2D eigenvalue weighted by atomic mass is 10.1. The van der Waals surface area contributed by atoms with Crippen LogP contribution in [0.3, 0.4) is 0 Å². The zero-order valence-corrected chi connectivity index (χ0v) is 13.8. The Morgan fingerprint density at radius 3 is 2.17 bits per heavy atom. The van der Waals surface area contributed by atoms with Crippen molar-refractivity contribution in [1.82, 2.24) is 16.0 Å². The van der Waals surface area contributed by atoms with E-state index in [0.29, 0.717) is 0 Å². The molecule has 0 aliphatic rings. The molecule has 0 radical (unpaired) electrons. The maximum atomic E-state index is 11.9. The molecule has 0 aliphatic heterocycles. The van der Waals surface area contributed by atoms with E-state index in [4.69, 9.17) is 16.6 Å². The summed E-state index contributed by atoms with van der Waals surface area (Å²) in [5.41, 5.74) is 10.4. The van der Waals surface area contributed by atoms with Gasteiger partial charge in [-0.3, -0.25) is 24.0 Å². The first-order chi connectivity index (χ1) is 11.1. The fourth-order valence-corrected chi connectivity index (χ4v) is 1.58. The van der Waals surface area contributed by atoms with Crippen LogP contribution in [0.15, 0.2) is 0 Å². The second-order valence-corrected chi connectivity index (χ2v) is 5.23. The highest BCUT2D eigenvalue weighted by atomic mass is 32.1. The monoisotopic (exact) mass is 363 g/mol. The van der Waals surface area contributed by atoms with E-state index in [-0.39, 0.29) is 5.75 Å². The summed E-state index contributed by atoms with van der Waals surface area (Å²) in [5, 5.41) is 15.2. The van der Waals surface area contributed by atoms with Gasteiger partial charge in [0.2, 0.25) is 23.6 Å². The molecule has 0 aliphatic carbocycles. The molecular weight excluding hydrogens is 342 g/mol. The topological polar surface area (TPSA) is 194 Å². The van der Waals surface area contributed by atoms with Crippen molar-refractivity contribution in [1.29, 1.82) is 0 Å². The molecule has 0 aromatic carbocycles. The van der Waals surface area contributed by atoms with Crippen molar-refractivity contribution in [2.24, 2.45) is 11.5 Å². The number of rotatable bonds is 10. The minimum atomic E-state index is -1.37. The van der Waals surface area contributed by atoms with E-state index < -0.39 is 60.7 Å². The highest BCUT2D eigenvalue weighted by molar-refractivity contribution is 7.80. The van der Waals surface area contributed by atoms with Gasteiger partial charge in [-0.15, -0.1) is 0 Å². The molecule has 12 heteroatoms. The number of carboxylic acid groups (broad SMARTS) is 1. The molecule has 24 heavy (non-hydrogen) atoms. The molecule has 4 amide bonds. The first-order valence-electron chi connectivity index (χ1n) is 6.83. The molecule has 0 bridgehead atoms. The molecular formula is C12H21N5O6S. The lowest BCUT2D eigenvalue weighted by Crippen LogP contribution is -2.54. The van der Waals surface area contributed by atoms with Gasteiger partial charge in [-0.1, -0.05) is 0 Å². The van der Waals surface area contributed by atoms with Gasteiger partial charge >= 0.3 is 5.97 Å². The first-order valence-corrected chi connectivity index (χ1v) is 7.46. The van der Waals surface area contributed by atoms with Gasteiger partial charge in [0.25, 0.3) is 0 Å². The summed E-state index contributed by atoms with van der Waals surface area (Å²) in [5.74, 6) is -4.38. The van der Waals surface area contributed by atoms with Crippen molar-refractivity contribution >= 4 is 42.2 Å². The number of thiol groups is 1. The van der Waals surface area contributed by atoms with Crippen molar-refractivity contribution < 1.29 is 29.1 Å². The predicted molar refractivity (Wildman–Crippen MR) is 85.8 cm³/mol. The van der Waals surface area contributed by atoms with Crippen LogP contribution in [0.1, 0.15) is 13.3 Å². The number of carbonyl (C=O) groups excluding carboxylic acids is 4. The molecule has 0 fully saturated rings. The highest BCUT2D eigenvalue weighted by Crippen LogP contribution is 1.94. The van der Waals surface area contributed by atoms with E-state index in [1.54, 1.807) is 0 Å². The third-order valence-corrected chi connectivity index (χ3v) is 3.14. The average Bonchev–Trinajstić information content (AvgIpc) is 2.50. The van der Waals surface area contributed by atoms with Crippen molar-refractivity contribution in [3.8, 4) is 0 Å². The lowest BCUT2D eigenvalue weighted by molar-refractivity contribution is -0.141. The summed E-state index contributed by atoms with van der Waals surface area (Å²) in [6, 6.07) is -3.49. The van der Waals surface area contributed by atoms with E-state index >= 15 is 0 Å². The highest BCUT2D eigenvalue weighted by Gasteiger charge is 2.26. The Bertz CT molecular complexity index is 514. The van der Waals surface area contributed by atoms with Crippen LogP contribution in [-0.4, -0.2) is 65.1 Å². The quantitative estimate of drug-likeness (QED) is 0.194. The van der Waals surface area contributed by atoms with Crippen molar-refractivity contribution in [2.45, 2.75) is 31.5 Å². The zero-order valence-electron chi connectivity index (χ0n) is 12.9. The van der Waals surface area contributed by atoms with Gasteiger partial charge in [0.05, 0.1) is 19.0 Å². The summed E-state index contributed by atoms with van der Waals surface area (Å²) in [4.78, 5) is 56.8. The van der Waals surface area contributed by atoms with Gasteiger partial charge in [0, 0.05) is 5.75 Å². The van der Waals surface area contributed by atoms with Crippen LogP contribution in [0.4, 0.5) is 0 Å². The Kier molecular flexibility index (Phi) is 9.42. The van der Waals surface area contributed by atoms with E-state index in [1.807, 2.05) is 0 Å². The Morgan fingerprint density at radius 1 is 1.12 bits per heavy atom. The zero-order chi connectivity index (χ0) is 18.9. The Morgan fingerprint density at radius 2 is 1.71 bits per heavy atom. The van der Waals surface area contributed by atoms with Crippen LogP contribution in [0, 0.1) is 0 Å². The third-order valence-electron chi connectivity index (χ3n) is 2.74. The normalized spacial score (nSPS) is 14.0. The Labute approximate surface area is 143 Å². The maximum Gasteiger partial charge on any atom is 0.325 e. The van der Waals surface area contributed by atoms with Crippen LogP contribution in [0.5, 0.6) is 0 Å². The number of primary amides is 1. The van der Waals surface area contributed by atoms with Crippen LogP contribution >= 0.6 is 12.6 Å². The van der Waals surface area contributed by atoms with E-state index in [0.717, 1.165) is 0 Å². The molecule has 136 valence electrons. The van der Waals surface area contributed by atoms with Gasteiger partial charge < -0.3 is 32.5 Å². The molecule has 3 atom stereocenters. The molecule has 0 aromatic heterocycles. The number of nitrogens with two attached hydrogens (primary N) is 2. The van der Waals surface area contributed by atoms with Crippen LogP contribution in [-0.2, 0) is 24.0 Å². The molecule has 0 aromatic rings. The summed E-state index contributed by atoms with van der Waals surface area (Å²) < 4.78 is 0. The summed E-state index contributed by atoms with van der Waals surface area (Å²) in [6.45, 7) is 0.722. The number of carbonyl (C=O) groups is 5.